The summed E-state index contributed by atoms with van der Waals surface area (Å²) in [4.78, 5) is 0. The van der Waals surface area contributed by atoms with Crippen molar-refractivity contribution in [2.75, 3.05) is 5.75 Å². The fourth-order valence-corrected chi connectivity index (χ4v) is 1.56. The normalized spacial score (nSPS) is 23.0. The lowest BCUT2D eigenvalue weighted by Gasteiger charge is -1.81. The molecule has 2 rings (SSSR count). The van der Waals surface area contributed by atoms with E-state index in [4.69, 9.17) is 0 Å². The average molecular weight is 124 g/mol. The van der Waals surface area contributed by atoms with Crippen molar-refractivity contribution in [2.24, 2.45) is 10.2 Å². The zero-order valence-electron chi connectivity index (χ0n) is 4.16. The van der Waals surface area contributed by atoms with Gasteiger partial charge in [0, 0.05) is 11.3 Å². The Labute approximate surface area is 51.4 Å². The van der Waals surface area contributed by atoms with Crippen molar-refractivity contribution >= 4 is 23.7 Å². The zero-order chi connectivity index (χ0) is 5.40. The molecule has 40 valence electrons. The number of nitrogens with zero attached hydrogens (tertiary/aromatic N) is 2. The molecule has 8 heavy (non-hydrogen) atoms. The summed E-state index contributed by atoms with van der Waals surface area (Å²) in [5.41, 5.74) is 2.34. The molecule has 2 nitrogen and oxygen atoms in total. The summed E-state index contributed by atoms with van der Waals surface area (Å²) in [5, 5.41) is 9.74. The molecule has 2 aliphatic rings. The molecule has 0 amide bonds. The summed E-state index contributed by atoms with van der Waals surface area (Å²) in [7, 11) is 0. The summed E-state index contributed by atoms with van der Waals surface area (Å²) in [6.45, 7) is 0. The molecule has 0 radical (unpaired) electrons. The Hall–Kier alpha value is -0.570. The molecule has 0 unspecified atom stereocenters. The molecule has 2 aliphatic heterocycles. The van der Waals surface area contributed by atoms with Crippen LogP contribution in [0.1, 0.15) is 0 Å². The van der Waals surface area contributed by atoms with Crippen molar-refractivity contribution in [1.29, 1.82) is 0 Å². The van der Waals surface area contributed by atoms with Crippen LogP contribution in [0.5, 0.6) is 0 Å². The van der Waals surface area contributed by atoms with E-state index in [1.54, 1.807) is 18.0 Å². The fourth-order valence-electron chi connectivity index (χ4n) is 0.714. The topological polar surface area (TPSA) is 24.7 Å². The summed E-state index contributed by atoms with van der Waals surface area (Å²) >= 11 is 1.78. The van der Waals surface area contributed by atoms with E-state index in [1.165, 1.54) is 5.57 Å². The third-order valence-corrected chi connectivity index (χ3v) is 2.00. The first-order valence-electron chi connectivity index (χ1n) is 2.39. The molecular weight excluding hydrogens is 120 g/mol. The molecule has 0 bridgehead atoms. The van der Waals surface area contributed by atoms with Gasteiger partial charge in [0.05, 0.1) is 11.9 Å². The molecule has 0 fully saturated rings. The maximum absolute atomic E-state index is 3.89. The third-order valence-electron chi connectivity index (χ3n) is 1.14. The Balaban J connectivity index is 2.49. The highest BCUT2D eigenvalue weighted by Gasteiger charge is 2.14. The van der Waals surface area contributed by atoms with Gasteiger partial charge in [0.1, 0.15) is 0 Å². The maximum Gasteiger partial charge on any atom is 0.0826 e. The van der Waals surface area contributed by atoms with Crippen LogP contribution in [-0.4, -0.2) is 17.7 Å². The van der Waals surface area contributed by atoms with Gasteiger partial charge in [-0.15, -0.1) is 11.8 Å². The van der Waals surface area contributed by atoms with Crippen molar-refractivity contribution in [2.45, 2.75) is 0 Å². The van der Waals surface area contributed by atoms with E-state index in [0.29, 0.717) is 0 Å². The van der Waals surface area contributed by atoms with Crippen molar-refractivity contribution < 1.29 is 0 Å². The van der Waals surface area contributed by atoms with Gasteiger partial charge in [0.15, 0.2) is 0 Å². The van der Waals surface area contributed by atoms with Gasteiger partial charge in [-0.2, -0.15) is 10.2 Å². The monoisotopic (exact) mass is 124 g/mol. The highest BCUT2D eigenvalue weighted by molar-refractivity contribution is 8.03. The minimum absolute atomic E-state index is 1.01. The van der Waals surface area contributed by atoms with Gasteiger partial charge >= 0.3 is 0 Å². The van der Waals surface area contributed by atoms with Crippen molar-refractivity contribution in [3.63, 3.8) is 0 Å². The highest BCUT2D eigenvalue weighted by Crippen LogP contribution is 2.21. The number of thioether (sulfide) groups is 1. The van der Waals surface area contributed by atoms with Crippen LogP contribution >= 0.6 is 11.8 Å². The highest BCUT2D eigenvalue weighted by atomic mass is 32.2. The van der Waals surface area contributed by atoms with Gasteiger partial charge in [0.2, 0.25) is 0 Å². The second kappa shape index (κ2) is 1.45. The minimum atomic E-state index is 1.01. The first kappa shape index (κ1) is 4.32. The molecule has 0 aromatic heterocycles. The molecule has 0 saturated heterocycles. The van der Waals surface area contributed by atoms with Crippen LogP contribution in [0.4, 0.5) is 0 Å². The van der Waals surface area contributed by atoms with Gasteiger partial charge in [-0.1, -0.05) is 0 Å². The van der Waals surface area contributed by atoms with Crippen LogP contribution < -0.4 is 0 Å². The van der Waals surface area contributed by atoms with Crippen LogP contribution in [-0.2, 0) is 0 Å². The predicted octanol–water partition coefficient (Wildman–Crippen LogP) is 1.06. The first-order valence-corrected chi connectivity index (χ1v) is 3.44. The Kier molecular flexibility index (Phi) is 0.784. The summed E-state index contributed by atoms with van der Waals surface area (Å²) in [6.07, 6.45) is 1.80. The second-order valence-electron chi connectivity index (χ2n) is 1.68. The van der Waals surface area contributed by atoms with E-state index in [0.717, 1.165) is 11.5 Å². The lowest BCUT2D eigenvalue weighted by atomic mass is 10.2. The van der Waals surface area contributed by atoms with Gasteiger partial charge in [0.25, 0.3) is 0 Å². The van der Waals surface area contributed by atoms with Crippen LogP contribution in [0.25, 0.3) is 0 Å². The van der Waals surface area contributed by atoms with Crippen molar-refractivity contribution in [1.82, 2.24) is 0 Å². The molecule has 0 aromatic rings. The zero-order valence-corrected chi connectivity index (χ0v) is 4.98. The maximum atomic E-state index is 3.89. The van der Waals surface area contributed by atoms with Gasteiger partial charge in [-0.3, -0.25) is 0 Å². The number of rotatable bonds is 0. The minimum Gasteiger partial charge on any atom is -0.158 e. The largest absolute Gasteiger partial charge is 0.158 e. The fraction of sp³-hybridized carbons (Fsp3) is 0.200. The smallest absolute Gasteiger partial charge is 0.0826 e. The van der Waals surface area contributed by atoms with E-state index in [-0.39, 0.29) is 0 Å². The number of allylic oxidation sites excluding steroid dienone is 1. The lowest BCUT2D eigenvalue weighted by Crippen LogP contribution is -1.94. The van der Waals surface area contributed by atoms with Crippen molar-refractivity contribution in [3.05, 3.63) is 11.0 Å². The average Bonchev–Trinajstić information content (AvgIpc) is 2.15. The summed E-state index contributed by atoms with van der Waals surface area (Å²) in [6, 6.07) is 0. The first-order chi connectivity index (χ1) is 3.97. The molecule has 3 heteroatoms. The Morgan fingerprint density at radius 2 is 2.62 bits per heavy atom. The van der Waals surface area contributed by atoms with E-state index in [2.05, 4.69) is 15.6 Å². The number of fused-ring (bicyclic) bond motifs is 1. The molecular formula is C5H4N2S. The summed E-state index contributed by atoms with van der Waals surface area (Å²) < 4.78 is 0. The summed E-state index contributed by atoms with van der Waals surface area (Å²) in [5.74, 6) is 1.01. The predicted molar refractivity (Wildman–Crippen MR) is 36.5 cm³/mol. The SMILES string of the molecule is C1=NN=C2CSC=C12. The van der Waals surface area contributed by atoms with Crippen LogP contribution in [0.3, 0.4) is 0 Å². The molecule has 0 aromatic carbocycles. The molecule has 2 heterocycles. The standard InChI is InChI=1S/C5H4N2S/c1-4-2-8-3-5(4)7-6-1/h1-2H,3H2. The van der Waals surface area contributed by atoms with E-state index in [1.807, 2.05) is 0 Å². The lowest BCUT2D eigenvalue weighted by molar-refractivity contribution is 1.28. The van der Waals surface area contributed by atoms with Crippen LogP contribution in [0.15, 0.2) is 21.2 Å². The van der Waals surface area contributed by atoms with Crippen LogP contribution in [0.2, 0.25) is 0 Å². The Morgan fingerprint density at radius 1 is 1.62 bits per heavy atom. The number of hydrogen-bond donors (Lipinski definition) is 0. The van der Waals surface area contributed by atoms with E-state index < -0.39 is 0 Å². The number of hydrogen-bond acceptors (Lipinski definition) is 3. The van der Waals surface area contributed by atoms with E-state index >= 15 is 0 Å². The van der Waals surface area contributed by atoms with E-state index in [9.17, 15) is 0 Å². The quantitative estimate of drug-likeness (QED) is 0.474. The molecule has 0 aliphatic carbocycles. The van der Waals surface area contributed by atoms with Crippen molar-refractivity contribution in [3.8, 4) is 0 Å². The molecule has 0 N–H and O–H groups in total. The van der Waals surface area contributed by atoms with Gasteiger partial charge < -0.3 is 0 Å². The van der Waals surface area contributed by atoms with Gasteiger partial charge in [-0.25, -0.2) is 0 Å². The Morgan fingerprint density at radius 3 is 3.50 bits per heavy atom. The Bertz CT molecular complexity index is 202. The second-order valence-corrected chi connectivity index (χ2v) is 2.53. The molecule has 0 spiro atoms. The molecule has 0 atom stereocenters. The molecule has 0 saturated carbocycles. The third kappa shape index (κ3) is 0.448. The van der Waals surface area contributed by atoms with Gasteiger partial charge in [-0.05, 0) is 5.41 Å². The van der Waals surface area contributed by atoms with Crippen LogP contribution in [0, 0.1) is 0 Å².